The third-order valence-electron chi connectivity index (χ3n) is 4.22. The minimum Gasteiger partial charge on any atom is -0.364 e. The summed E-state index contributed by atoms with van der Waals surface area (Å²) in [6.45, 7) is 6.97. The van der Waals surface area contributed by atoms with Crippen LogP contribution >= 0.6 is 0 Å². The number of aryl methyl sites for hydroxylation is 2. The Labute approximate surface area is 138 Å². The Morgan fingerprint density at radius 2 is 1.96 bits per heavy atom. The molecule has 0 atom stereocenters. The number of aromatic nitrogens is 3. The summed E-state index contributed by atoms with van der Waals surface area (Å²) in [5, 5.41) is 3.35. The third kappa shape index (κ3) is 4.18. The van der Waals surface area contributed by atoms with Crippen molar-refractivity contribution in [1.29, 1.82) is 0 Å². The van der Waals surface area contributed by atoms with Gasteiger partial charge in [0.25, 0.3) is 0 Å². The number of nitrogens with one attached hydrogen (secondary N) is 1. The number of nitrogens with zero attached hydrogens (tertiary/aromatic N) is 4. The van der Waals surface area contributed by atoms with E-state index in [-0.39, 0.29) is 0 Å². The van der Waals surface area contributed by atoms with Gasteiger partial charge in [-0.2, -0.15) is 0 Å². The highest BCUT2D eigenvalue weighted by Crippen LogP contribution is 2.17. The van der Waals surface area contributed by atoms with Gasteiger partial charge in [-0.3, -0.25) is 0 Å². The standard InChI is InChI=1S/C18H25N5/c1-3-15-7-8-17(19-12-15)20-13-16-11-14(2)21-18(22-16)23-9-5-4-6-10-23/h7-8,11-12H,3-6,9-10,13H2,1-2H3,(H,19,20). The predicted octanol–water partition coefficient (Wildman–Crippen LogP) is 3.34. The number of rotatable bonds is 5. The second kappa shape index (κ2) is 7.40. The maximum absolute atomic E-state index is 4.73. The summed E-state index contributed by atoms with van der Waals surface area (Å²) in [6.07, 6.45) is 6.72. The Kier molecular flexibility index (Phi) is 5.05. The van der Waals surface area contributed by atoms with Gasteiger partial charge in [-0.25, -0.2) is 15.0 Å². The van der Waals surface area contributed by atoms with E-state index >= 15 is 0 Å². The zero-order valence-corrected chi connectivity index (χ0v) is 14.0. The molecule has 1 aliphatic heterocycles. The van der Waals surface area contributed by atoms with Crippen LogP contribution in [0.15, 0.2) is 24.4 Å². The molecule has 23 heavy (non-hydrogen) atoms. The zero-order valence-electron chi connectivity index (χ0n) is 14.0. The second-order valence-corrected chi connectivity index (χ2v) is 6.11. The molecule has 0 aromatic carbocycles. The van der Waals surface area contributed by atoms with Gasteiger partial charge in [0.05, 0.1) is 12.2 Å². The molecule has 0 unspecified atom stereocenters. The summed E-state index contributed by atoms with van der Waals surface area (Å²) in [4.78, 5) is 16.1. The first-order valence-corrected chi connectivity index (χ1v) is 8.53. The molecular formula is C18H25N5. The molecule has 1 saturated heterocycles. The second-order valence-electron chi connectivity index (χ2n) is 6.11. The zero-order chi connectivity index (χ0) is 16.1. The van der Waals surface area contributed by atoms with Crippen LogP contribution in [0.3, 0.4) is 0 Å². The molecule has 5 heteroatoms. The average Bonchev–Trinajstić information content (AvgIpc) is 2.61. The lowest BCUT2D eigenvalue weighted by Crippen LogP contribution is -2.31. The Balaban J connectivity index is 1.68. The lowest BCUT2D eigenvalue weighted by Gasteiger charge is -2.27. The molecule has 0 spiro atoms. The van der Waals surface area contributed by atoms with Crippen molar-refractivity contribution in [2.75, 3.05) is 23.3 Å². The minimum atomic E-state index is 0.669. The van der Waals surface area contributed by atoms with E-state index in [1.807, 2.05) is 25.3 Å². The van der Waals surface area contributed by atoms with E-state index in [0.717, 1.165) is 42.7 Å². The number of anilines is 2. The molecule has 122 valence electrons. The molecular weight excluding hydrogens is 286 g/mol. The number of hydrogen-bond donors (Lipinski definition) is 1. The first kappa shape index (κ1) is 15.7. The molecule has 3 heterocycles. The summed E-state index contributed by atoms with van der Waals surface area (Å²) in [6, 6.07) is 6.18. The summed E-state index contributed by atoms with van der Waals surface area (Å²) in [5.74, 6) is 1.76. The Hall–Kier alpha value is -2.17. The monoisotopic (exact) mass is 311 g/mol. The van der Waals surface area contributed by atoms with Crippen LogP contribution < -0.4 is 10.2 Å². The molecule has 0 aliphatic carbocycles. The van der Waals surface area contributed by atoms with Crippen molar-refractivity contribution in [3.63, 3.8) is 0 Å². The normalized spacial score (nSPS) is 14.8. The van der Waals surface area contributed by atoms with Crippen LogP contribution in [0.4, 0.5) is 11.8 Å². The first-order chi connectivity index (χ1) is 11.2. The van der Waals surface area contributed by atoms with E-state index in [4.69, 9.17) is 4.98 Å². The van der Waals surface area contributed by atoms with Crippen LogP contribution in [-0.2, 0) is 13.0 Å². The lowest BCUT2D eigenvalue weighted by molar-refractivity contribution is 0.567. The summed E-state index contributed by atoms with van der Waals surface area (Å²) in [7, 11) is 0. The van der Waals surface area contributed by atoms with E-state index in [2.05, 4.69) is 33.2 Å². The predicted molar refractivity (Wildman–Crippen MR) is 93.8 cm³/mol. The molecule has 0 bridgehead atoms. The smallest absolute Gasteiger partial charge is 0.225 e. The van der Waals surface area contributed by atoms with Crippen molar-refractivity contribution in [3.05, 3.63) is 41.3 Å². The highest BCUT2D eigenvalue weighted by atomic mass is 15.3. The third-order valence-corrected chi connectivity index (χ3v) is 4.22. The molecule has 0 amide bonds. The van der Waals surface area contributed by atoms with Crippen LogP contribution in [-0.4, -0.2) is 28.0 Å². The fraction of sp³-hybridized carbons (Fsp3) is 0.500. The van der Waals surface area contributed by atoms with E-state index < -0.39 is 0 Å². The van der Waals surface area contributed by atoms with Crippen LogP contribution in [0, 0.1) is 6.92 Å². The molecule has 2 aromatic heterocycles. The van der Waals surface area contributed by atoms with Crippen LogP contribution in [0.25, 0.3) is 0 Å². The molecule has 1 N–H and O–H groups in total. The molecule has 1 aliphatic rings. The Morgan fingerprint density at radius 1 is 1.13 bits per heavy atom. The quantitative estimate of drug-likeness (QED) is 0.918. The number of pyridine rings is 1. The van der Waals surface area contributed by atoms with Gasteiger partial charge in [0.1, 0.15) is 5.82 Å². The van der Waals surface area contributed by atoms with Gasteiger partial charge in [0, 0.05) is 25.0 Å². The first-order valence-electron chi connectivity index (χ1n) is 8.53. The van der Waals surface area contributed by atoms with E-state index in [0.29, 0.717) is 6.54 Å². The van der Waals surface area contributed by atoms with Crippen LogP contribution in [0.1, 0.15) is 43.1 Å². The maximum atomic E-state index is 4.73. The molecule has 2 aromatic rings. The van der Waals surface area contributed by atoms with Gasteiger partial charge in [0.2, 0.25) is 5.95 Å². The molecule has 3 rings (SSSR count). The Morgan fingerprint density at radius 3 is 2.65 bits per heavy atom. The van der Waals surface area contributed by atoms with Crippen molar-refractivity contribution in [2.24, 2.45) is 0 Å². The van der Waals surface area contributed by atoms with E-state index in [1.54, 1.807) is 0 Å². The molecule has 5 nitrogen and oxygen atoms in total. The summed E-state index contributed by atoms with van der Waals surface area (Å²) >= 11 is 0. The van der Waals surface area contributed by atoms with Gasteiger partial charge < -0.3 is 10.2 Å². The molecule has 0 saturated carbocycles. The van der Waals surface area contributed by atoms with Crippen molar-refractivity contribution in [3.8, 4) is 0 Å². The van der Waals surface area contributed by atoms with Crippen molar-refractivity contribution in [1.82, 2.24) is 15.0 Å². The maximum Gasteiger partial charge on any atom is 0.225 e. The Bertz CT molecular complexity index is 632. The molecule has 1 fully saturated rings. The highest BCUT2D eigenvalue weighted by Gasteiger charge is 2.14. The highest BCUT2D eigenvalue weighted by molar-refractivity contribution is 5.38. The lowest BCUT2D eigenvalue weighted by atomic mass is 10.1. The topological polar surface area (TPSA) is 53.9 Å². The average molecular weight is 311 g/mol. The van der Waals surface area contributed by atoms with Crippen LogP contribution in [0.2, 0.25) is 0 Å². The van der Waals surface area contributed by atoms with Crippen LogP contribution in [0.5, 0.6) is 0 Å². The van der Waals surface area contributed by atoms with Gasteiger partial charge in [0.15, 0.2) is 0 Å². The van der Waals surface area contributed by atoms with Crippen molar-refractivity contribution >= 4 is 11.8 Å². The van der Waals surface area contributed by atoms with E-state index in [9.17, 15) is 0 Å². The van der Waals surface area contributed by atoms with E-state index in [1.165, 1.54) is 24.8 Å². The number of hydrogen-bond acceptors (Lipinski definition) is 5. The fourth-order valence-corrected chi connectivity index (χ4v) is 2.86. The SMILES string of the molecule is CCc1ccc(NCc2cc(C)nc(N3CCCCC3)n2)nc1. The summed E-state index contributed by atoms with van der Waals surface area (Å²) in [5.41, 5.74) is 3.28. The van der Waals surface area contributed by atoms with Crippen molar-refractivity contribution < 1.29 is 0 Å². The fourth-order valence-electron chi connectivity index (χ4n) is 2.86. The summed E-state index contributed by atoms with van der Waals surface area (Å²) < 4.78 is 0. The van der Waals surface area contributed by atoms with Gasteiger partial charge in [-0.15, -0.1) is 0 Å². The largest absolute Gasteiger partial charge is 0.364 e. The van der Waals surface area contributed by atoms with Gasteiger partial charge >= 0.3 is 0 Å². The van der Waals surface area contributed by atoms with Gasteiger partial charge in [-0.05, 0) is 50.3 Å². The van der Waals surface area contributed by atoms with Crippen molar-refractivity contribution in [2.45, 2.75) is 46.1 Å². The number of piperidine rings is 1. The molecule has 0 radical (unpaired) electrons. The van der Waals surface area contributed by atoms with Gasteiger partial charge in [-0.1, -0.05) is 13.0 Å². The minimum absolute atomic E-state index is 0.669.